The number of benzene rings is 10. The highest BCUT2D eigenvalue weighted by Crippen LogP contribution is 2.47. The molecule has 0 fully saturated rings. The topological polar surface area (TPSA) is 3.24 Å². The summed E-state index contributed by atoms with van der Waals surface area (Å²) in [6.07, 6.45) is 0. The van der Waals surface area contributed by atoms with Gasteiger partial charge in [-0.15, -0.1) is 11.3 Å². The molecule has 262 valence electrons. The summed E-state index contributed by atoms with van der Waals surface area (Å²) in [5.41, 5.74) is 10.8. The summed E-state index contributed by atoms with van der Waals surface area (Å²) in [7, 11) is 0. The molecule has 1 nitrogen and oxygen atoms in total. The van der Waals surface area contributed by atoms with E-state index < -0.39 is 0 Å². The van der Waals surface area contributed by atoms with Gasteiger partial charge in [-0.3, -0.25) is 0 Å². The molecule has 0 amide bonds. The van der Waals surface area contributed by atoms with E-state index in [-0.39, 0.29) is 0 Å². The largest absolute Gasteiger partial charge is 0.310 e. The van der Waals surface area contributed by atoms with Crippen LogP contribution in [0.15, 0.2) is 212 Å². The Balaban J connectivity index is 1.09. The zero-order valence-electron chi connectivity index (χ0n) is 30.6. The van der Waals surface area contributed by atoms with E-state index in [1.165, 1.54) is 91.6 Å². The minimum atomic E-state index is 1.12. The van der Waals surface area contributed by atoms with Gasteiger partial charge in [0.05, 0.1) is 5.69 Å². The summed E-state index contributed by atoms with van der Waals surface area (Å²) in [6, 6.07) is 77.7. The second kappa shape index (κ2) is 13.4. The van der Waals surface area contributed by atoms with E-state index in [0.717, 1.165) is 11.4 Å². The third-order valence-corrected chi connectivity index (χ3v) is 12.5. The van der Waals surface area contributed by atoms with E-state index in [2.05, 4.69) is 217 Å². The lowest BCUT2D eigenvalue weighted by Gasteiger charge is -2.28. The van der Waals surface area contributed by atoms with Crippen LogP contribution in [0.5, 0.6) is 0 Å². The highest BCUT2D eigenvalue weighted by molar-refractivity contribution is 7.26. The molecular weight excluding hydrogens is 695 g/mol. The van der Waals surface area contributed by atoms with Crippen molar-refractivity contribution in [3.05, 3.63) is 212 Å². The summed E-state index contributed by atoms with van der Waals surface area (Å²) in [5, 5.41) is 10.1. The Morgan fingerprint density at radius 2 is 0.875 bits per heavy atom. The minimum absolute atomic E-state index is 1.12. The number of nitrogens with zero attached hydrogens (tertiary/aromatic N) is 1. The van der Waals surface area contributed by atoms with Crippen LogP contribution in [0.2, 0.25) is 0 Å². The van der Waals surface area contributed by atoms with Crippen LogP contribution in [0.3, 0.4) is 0 Å². The fourth-order valence-corrected chi connectivity index (χ4v) is 9.64. The summed E-state index contributed by atoms with van der Waals surface area (Å²) in [4.78, 5) is 2.45. The summed E-state index contributed by atoms with van der Waals surface area (Å²) in [5.74, 6) is 0. The van der Waals surface area contributed by atoms with E-state index >= 15 is 0 Å². The van der Waals surface area contributed by atoms with Gasteiger partial charge in [0, 0.05) is 42.3 Å². The molecule has 11 aromatic rings. The highest BCUT2D eigenvalue weighted by atomic mass is 32.1. The van der Waals surface area contributed by atoms with Crippen LogP contribution in [0.25, 0.3) is 85.9 Å². The van der Waals surface area contributed by atoms with Crippen molar-refractivity contribution < 1.29 is 0 Å². The number of anilines is 3. The standard InChI is InChI=1S/C54H35NS/c1-2-11-36(12-3-1)38-21-23-39(24-22-38)40-25-29-44(30-26-40)55(45-31-27-37-13-4-5-15-42(37)33-45)52-35-51-50-34-43(47-20-10-16-41-14-6-7-17-46(41)47)28-32-53(50)56-54(51)49-19-9-8-18-48(49)52/h1-35H. The molecule has 0 aliphatic heterocycles. The van der Waals surface area contributed by atoms with Crippen molar-refractivity contribution in [1.29, 1.82) is 0 Å². The summed E-state index contributed by atoms with van der Waals surface area (Å²) in [6.45, 7) is 0. The predicted molar refractivity (Wildman–Crippen MR) is 243 cm³/mol. The highest BCUT2D eigenvalue weighted by Gasteiger charge is 2.20. The van der Waals surface area contributed by atoms with Gasteiger partial charge in [-0.2, -0.15) is 0 Å². The van der Waals surface area contributed by atoms with Crippen molar-refractivity contribution >= 4 is 80.9 Å². The Hall–Kier alpha value is -7.00. The fourth-order valence-electron chi connectivity index (χ4n) is 8.44. The number of hydrogen-bond donors (Lipinski definition) is 0. The van der Waals surface area contributed by atoms with Gasteiger partial charge in [0.2, 0.25) is 0 Å². The molecule has 0 saturated heterocycles. The van der Waals surface area contributed by atoms with Crippen LogP contribution in [0, 0.1) is 0 Å². The molecule has 0 radical (unpaired) electrons. The van der Waals surface area contributed by atoms with Crippen molar-refractivity contribution in [3.8, 4) is 33.4 Å². The van der Waals surface area contributed by atoms with Crippen LogP contribution < -0.4 is 4.90 Å². The first kappa shape index (κ1) is 32.4. The average molecular weight is 730 g/mol. The maximum atomic E-state index is 2.45. The van der Waals surface area contributed by atoms with Crippen molar-refractivity contribution in [2.45, 2.75) is 0 Å². The summed E-state index contributed by atoms with van der Waals surface area (Å²) >= 11 is 1.89. The van der Waals surface area contributed by atoms with Gasteiger partial charge in [0.15, 0.2) is 0 Å². The molecule has 0 spiro atoms. The molecule has 0 aliphatic rings. The molecule has 1 aromatic heterocycles. The monoisotopic (exact) mass is 729 g/mol. The number of thiophene rings is 1. The van der Waals surface area contributed by atoms with Crippen LogP contribution in [0.1, 0.15) is 0 Å². The number of rotatable bonds is 6. The molecule has 10 aromatic carbocycles. The van der Waals surface area contributed by atoms with E-state index in [1.54, 1.807) is 0 Å². The lowest BCUT2D eigenvalue weighted by molar-refractivity contribution is 1.31. The van der Waals surface area contributed by atoms with Gasteiger partial charge < -0.3 is 4.90 Å². The zero-order valence-corrected chi connectivity index (χ0v) is 31.4. The Morgan fingerprint density at radius 1 is 0.304 bits per heavy atom. The van der Waals surface area contributed by atoms with Crippen LogP contribution >= 0.6 is 11.3 Å². The van der Waals surface area contributed by atoms with Crippen molar-refractivity contribution in [3.63, 3.8) is 0 Å². The molecule has 1 heterocycles. The Labute approximate surface area is 330 Å². The number of hydrogen-bond acceptors (Lipinski definition) is 2. The first-order valence-corrected chi connectivity index (χ1v) is 20.0. The van der Waals surface area contributed by atoms with E-state index in [4.69, 9.17) is 0 Å². The fraction of sp³-hybridized carbons (Fsp3) is 0. The average Bonchev–Trinajstić information content (AvgIpc) is 3.65. The smallest absolute Gasteiger partial charge is 0.0547 e. The van der Waals surface area contributed by atoms with Gasteiger partial charge >= 0.3 is 0 Å². The third-order valence-electron chi connectivity index (χ3n) is 11.2. The van der Waals surface area contributed by atoms with Crippen LogP contribution in [-0.4, -0.2) is 0 Å². The SMILES string of the molecule is c1ccc(-c2ccc(-c3ccc(N(c4ccc5ccccc5c4)c4cc5c6cc(-c7cccc8ccccc78)ccc6sc5c5ccccc45)cc3)cc2)cc1. The Morgan fingerprint density at radius 3 is 1.64 bits per heavy atom. The number of fused-ring (bicyclic) bond motifs is 7. The van der Waals surface area contributed by atoms with Crippen molar-refractivity contribution in [1.82, 2.24) is 0 Å². The lowest BCUT2D eigenvalue weighted by Crippen LogP contribution is -2.10. The molecular formula is C54H35NS. The molecule has 0 atom stereocenters. The quantitative estimate of drug-likeness (QED) is 0.165. The molecule has 0 aliphatic carbocycles. The van der Waals surface area contributed by atoms with Gasteiger partial charge in [-0.25, -0.2) is 0 Å². The molecule has 0 N–H and O–H groups in total. The zero-order chi connectivity index (χ0) is 37.0. The Bertz CT molecular complexity index is 3230. The molecule has 0 unspecified atom stereocenters. The summed E-state index contributed by atoms with van der Waals surface area (Å²) < 4.78 is 2.62. The third kappa shape index (κ3) is 5.54. The second-order valence-corrected chi connectivity index (χ2v) is 15.6. The molecule has 0 bridgehead atoms. The van der Waals surface area contributed by atoms with E-state index in [1.807, 2.05) is 11.3 Å². The van der Waals surface area contributed by atoms with Crippen LogP contribution in [0.4, 0.5) is 17.1 Å². The van der Waals surface area contributed by atoms with Gasteiger partial charge in [-0.05, 0) is 97.4 Å². The first-order valence-electron chi connectivity index (χ1n) is 19.2. The first-order chi connectivity index (χ1) is 27.7. The van der Waals surface area contributed by atoms with Gasteiger partial charge in [0.1, 0.15) is 0 Å². The van der Waals surface area contributed by atoms with E-state index in [9.17, 15) is 0 Å². The second-order valence-electron chi connectivity index (χ2n) is 14.5. The van der Waals surface area contributed by atoms with Crippen molar-refractivity contribution in [2.24, 2.45) is 0 Å². The predicted octanol–water partition coefficient (Wildman–Crippen LogP) is 16.0. The lowest BCUT2D eigenvalue weighted by atomic mass is 9.96. The maximum absolute atomic E-state index is 2.45. The minimum Gasteiger partial charge on any atom is -0.310 e. The van der Waals surface area contributed by atoms with Crippen molar-refractivity contribution in [2.75, 3.05) is 4.90 Å². The molecule has 2 heteroatoms. The van der Waals surface area contributed by atoms with Gasteiger partial charge in [0.25, 0.3) is 0 Å². The Kier molecular flexibility index (Phi) is 7.75. The maximum Gasteiger partial charge on any atom is 0.0547 e. The van der Waals surface area contributed by atoms with Gasteiger partial charge in [-0.1, -0.05) is 170 Å². The molecule has 0 saturated carbocycles. The molecule has 56 heavy (non-hydrogen) atoms. The normalized spacial score (nSPS) is 11.6. The van der Waals surface area contributed by atoms with E-state index in [0.29, 0.717) is 0 Å². The van der Waals surface area contributed by atoms with Crippen LogP contribution in [-0.2, 0) is 0 Å². The molecule has 11 rings (SSSR count).